The van der Waals surface area contributed by atoms with Crippen molar-refractivity contribution in [2.75, 3.05) is 0 Å². The van der Waals surface area contributed by atoms with Crippen LogP contribution in [0.25, 0.3) is 5.53 Å². The molecule has 21 valence electrons. The van der Waals surface area contributed by atoms with Crippen molar-refractivity contribution in [3.8, 4) is 0 Å². The molecule has 0 aromatic carbocycles. The number of hydrogen-bond acceptors (Lipinski definition) is 1. The standard InChI is InChI=1S/As.N2O/c;1-2-3. The maximum absolute atomic E-state index is 8.11. The van der Waals surface area contributed by atoms with Crippen LogP contribution in [-0.2, 0) is 0 Å². The first-order chi connectivity index (χ1) is 1.41. The van der Waals surface area contributed by atoms with Crippen LogP contribution in [-0.4, -0.2) is 18.0 Å². The second-order valence-electron chi connectivity index (χ2n) is 0.0816. The van der Waals surface area contributed by atoms with Gasteiger partial charge in [0.2, 0.25) is 0 Å². The molecule has 0 bridgehead atoms. The Morgan fingerprint density at radius 1 is 1.75 bits per heavy atom. The molecular weight excluding hydrogens is 119 g/mol. The molecule has 0 aromatic rings. The van der Waals surface area contributed by atoms with E-state index in [0.29, 0.717) is 0 Å². The summed E-state index contributed by atoms with van der Waals surface area (Å²) >= 11 is 0. The van der Waals surface area contributed by atoms with Gasteiger partial charge in [0.25, 0.3) is 0 Å². The molecule has 0 unspecified atom stereocenters. The van der Waals surface area contributed by atoms with Crippen molar-refractivity contribution in [1.82, 2.24) is 4.97 Å². The molecule has 0 aliphatic heterocycles. The van der Waals surface area contributed by atoms with Gasteiger partial charge in [0, 0.05) is 18.0 Å². The summed E-state index contributed by atoms with van der Waals surface area (Å²) in [5.41, 5.74) is 6.64. The van der Waals surface area contributed by atoms with Crippen molar-refractivity contribution in [3.63, 3.8) is 0 Å². The Labute approximate surface area is 34.2 Å². The normalized spacial score (nSPS) is 2.00. The molecular formula is AsN2O. The van der Waals surface area contributed by atoms with E-state index in [1.807, 2.05) is 0 Å². The minimum absolute atomic E-state index is 0. The average Bonchev–Trinajstić information content (AvgIpc) is 0.918. The van der Waals surface area contributed by atoms with Gasteiger partial charge in [-0.3, -0.25) is 5.53 Å². The van der Waals surface area contributed by atoms with Gasteiger partial charge in [-0.2, -0.15) is 0 Å². The molecule has 4 heteroatoms. The second-order valence-corrected chi connectivity index (χ2v) is 0.0816. The van der Waals surface area contributed by atoms with E-state index in [-0.39, 0.29) is 18.0 Å². The maximum Gasteiger partial charge on any atom is 0.151 e. The molecule has 0 saturated carbocycles. The summed E-state index contributed by atoms with van der Waals surface area (Å²) in [5, 5.41) is 0. The Balaban J connectivity index is 0. The fraction of sp³-hybridized carbons (Fsp3) is 0. The first-order valence-corrected chi connectivity index (χ1v) is 0.383. The van der Waals surface area contributed by atoms with E-state index in [4.69, 9.17) is 10.4 Å². The van der Waals surface area contributed by atoms with Gasteiger partial charge in [0.1, 0.15) is 4.97 Å². The van der Waals surface area contributed by atoms with E-state index in [2.05, 4.69) is 0 Å². The zero-order chi connectivity index (χ0) is 2.71. The van der Waals surface area contributed by atoms with Crippen LogP contribution < -0.4 is 4.97 Å². The molecule has 0 heterocycles. The van der Waals surface area contributed by atoms with E-state index in [9.17, 15) is 0 Å². The van der Waals surface area contributed by atoms with Gasteiger partial charge in [-0.1, -0.05) is 0 Å². The molecule has 0 N–H and O–H groups in total. The molecule has 0 aliphatic carbocycles. The van der Waals surface area contributed by atoms with Crippen molar-refractivity contribution in [3.05, 3.63) is 10.4 Å². The minimum atomic E-state index is 0. The molecule has 0 spiro atoms. The smallest absolute Gasteiger partial charge is 0.151 e. The van der Waals surface area contributed by atoms with Crippen LogP contribution in [0.15, 0.2) is 0 Å². The zero-order valence-electron chi connectivity index (χ0n) is 1.75. The summed E-state index contributed by atoms with van der Waals surface area (Å²) in [5.74, 6) is 0. The largest absolute Gasteiger partial charge is 0.294 e. The molecule has 0 aromatic heterocycles. The quantitative estimate of drug-likeness (QED) is 0.240. The Morgan fingerprint density at radius 3 is 1.75 bits per heavy atom. The third-order valence-corrected chi connectivity index (χ3v) is 0. The topological polar surface area (TPSA) is 53.5 Å². The molecule has 3 radical (unpaired) electrons. The summed E-state index contributed by atoms with van der Waals surface area (Å²) in [6.07, 6.45) is 0. The van der Waals surface area contributed by atoms with Gasteiger partial charge in [-0.05, 0) is 0 Å². The van der Waals surface area contributed by atoms with E-state index in [1.165, 1.54) is 4.97 Å². The minimum Gasteiger partial charge on any atom is -0.294 e. The fourth-order valence-electron chi connectivity index (χ4n) is 0. The van der Waals surface area contributed by atoms with Gasteiger partial charge in [-0.25, -0.2) is 0 Å². The maximum atomic E-state index is 8.11. The molecule has 0 atom stereocenters. The fourth-order valence-corrected chi connectivity index (χ4v) is 0. The van der Waals surface area contributed by atoms with Crippen molar-refractivity contribution < 1.29 is 0 Å². The van der Waals surface area contributed by atoms with E-state index in [1.54, 1.807) is 0 Å². The number of hydrogen-bond donors (Lipinski definition) is 0. The summed E-state index contributed by atoms with van der Waals surface area (Å²) in [4.78, 5) is 9.36. The van der Waals surface area contributed by atoms with Gasteiger partial charge < -0.3 is 0 Å². The summed E-state index contributed by atoms with van der Waals surface area (Å²) in [6, 6.07) is 0. The Bertz CT molecular complexity index is 27.0. The summed E-state index contributed by atoms with van der Waals surface area (Å²) < 4.78 is 0. The van der Waals surface area contributed by atoms with Crippen LogP contribution in [0.5, 0.6) is 0 Å². The van der Waals surface area contributed by atoms with Gasteiger partial charge >= 0.3 is 0 Å². The van der Waals surface area contributed by atoms with E-state index in [0.717, 1.165) is 0 Å². The van der Waals surface area contributed by atoms with Crippen LogP contribution in [0.3, 0.4) is 0 Å². The first-order valence-electron chi connectivity index (χ1n) is 0.383. The molecule has 0 fully saturated rings. The number of nitrogens with zero attached hydrogens (tertiary/aromatic N) is 2. The predicted octanol–water partition coefficient (Wildman–Crippen LogP) is -0.539. The SMILES string of the molecule is [As].[N-]=[N+]=O. The first kappa shape index (κ1) is 9.12. The molecule has 0 aliphatic rings. The van der Waals surface area contributed by atoms with Crippen molar-refractivity contribution in [2.24, 2.45) is 0 Å². The van der Waals surface area contributed by atoms with E-state index < -0.39 is 0 Å². The monoisotopic (exact) mass is 119 g/mol. The Hall–Kier alpha value is -0.132. The van der Waals surface area contributed by atoms with Crippen LogP contribution >= 0.6 is 0 Å². The van der Waals surface area contributed by atoms with Crippen molar-refractivity contribution in [1.29, 1.82) is 0 Å². The molecule has 0 saturated heterocycles. The van der Waals surface area contributed by atoms with Gasteiger partial charge in [0.05, 0.1) is 0 Å². The molecule has 0 rings (SSSR count). The second kappa shape index (κ2) is 13.3. The van der Waals surface area contributed by atoms with Crippen LogP contribution in [0.1, 0.15) is 0 Å². The van der Waals surface area contributed by atoms with Gasteiger partial charge in [0.15, 0.2) is 4.91 Å². The van der Waals surface area contributed by atoms with Gasteiger partial charge in [-0.15, -0.1) is 0 Å². The van der Waals surface area contributed by atoms with Crippen LogP contribution in [0.4, 0.5) is 0 Å². The van der Waals surface area contributed by atoms with Crippen molar-refractivity contribution in [2.45, 2.75) is 0 Å². The number of rotatable bonds is 0. The summed E-state index contributed by atoms with van der Waals surface area (Å²) in [7, 11) is 0. The van der Waals surface area contributed by atoms with Crippen LogP contribution in [0, 0.1) is 4.91 Å². The summed E-state index contributed by atoms with van der Waals surface area (Å²) in [6.45, 7) is 0. The zero-order valence-corrected chi connectivity index (χ0v) is 3.63. The molecule has 0 amide bonds. The third kappa shape index (κ3) is 81.4. The van der Waals surface area contributed by atoms with E-state index >= 15 is 0 Å². The number of nitroso groups, excluding NO2 is 1. The van der Waals surface area contributed by atoms with Crippen LogP contribution in [0.2, 0.25) is 0 Å². The average molecular weight is 119 g/mol. The third-order valence-electron chi connectivity index (χ3n) is 0. The Kier molecular flexibility index (Phi) is 30.3. The predicted molar refractivity (Wildman–Crippen MR) is 14.6 cm³/mol. The molecule has 4 heavy (non-hydrogen) atoms. The Morgan fingerprint density at radius 2 is 1.75 bits per heavy atom. The molecule has 3 nitrogen and oxygen atoms in total. The van der Waals surface area contributed by atoms with Crippen molar-refractivity contribution >= 4 is 18.0 Å².